The van der Waals surface area contributed by atoms with Crippen LogP contribution in [0.15, 0.2) is 6.20 Å². The first-order valence-corrected chi connectivity index (χ1v) is 7.85. The predicted molar refractivity (Wildman–Crippen MR) is 80.4 cm³/mol. The van der Waals surface area contributed by atoms with E-state index in [1.807, 2.05) is 41.5 Å². The Kier molecular flexibility index (Phi) is 3.56. The number of fused-ring (bicyclic) bond motifs is 1. The summed E-state index contributed by atoms with van der Waals surface area (Å²) in [6.07, 6.45) is 2.38. The highest BCUT2D eigenvalue weighted by Gasteiger charge is 2.65. The number of aryl methyl sites for hydroxylation is 2. The molecule has 0 spiro atoms. The van der Waals surface area contributed by atoms with Crippen molar-refractivity contribution in [3.05, 3.63) is 23.3 Å². The molecule has 1 aromatic rings. The first kappa shape index (κ1) is 15.8. The van der Waals surface area contributed by atoms with Crippen molar-refractivity contribution >= 4 is 0 Å². The molecule has 0 amide bonds. The van der Waals surface area contributed by atoms with Crippen LogP contribution in [0.3, 0.4) is 0 Å². The van der Waals surface area contributed by atoms with Gasteiger partial charge in [-0.15, -0.1) is 0 Å². The second-order valence-electron chi connectivity index (χ2n) is 6.94. The molecule has 2 saturated heterocycles. The zero-order valence-corrected chi connectivity index (χ0v) is 14.1. The van der Waals surface area contributed by atoms with Crippen molar-refractivity contribution in [1.29, 1.82) is 0 Å². The number of nitrogens with zero attached hydrogens (tertiary/aromatic N) is 3. The van der Waals surface area contributed by atoms with Crippen LogP contribution in [-0.4, -0.2) is 43.8 Å². The van der Waals surface area contributed by atoms with E-state index in [0.29, 0.717) is 0 Å². The lowest BCUT2D eigenvalue weighted by Gasteiger charge is -2.33. The van der Waals surface area contributed by atoms with E-state index in [2.05, 4.69) is 9.97 Å². The van der Waals surface area contributed by atoms with Gasteiger partial charge in [-0.2, -0.15) is 5.06 Å². The van der Waals surface area contributed by atoms with E-state index in [0.717, 1.165) is 23.5 Å². The van der Waals surface area contributed by atoms with Gasteiger partial charge in [0.05, 0.1) is 12.1 Å². The van der Waals surface area contributed by atoms with E-state index >= 15 is 0 Å². The molecule has 1 aromatic heterocycles. The second-order valence-corrected chi connectivity index (χ2v) is 6.94. The second kappa shape index (κ2) is 4.96. The molecule has 3 heterocycles. The molecule has 0 aromatic carbocycles. The van der Waals surface area contributed by atoms with Crippen molar-refractivity contribution in [3.63, 3.8) is 0 Å². The molecular formula is C16H25N3O3. The van der Waals surface area contributed by atoms with E-state index in [-0.39, 0.29) is 18.2 Å². The van der Waals surface area contributed by atoms with Gasteiger partial charge in [0.1, 0.15) is 17.5 Å². The van der Waals surface area contributed by atoms with Crippen LogP contribution in [0.25, 0.3) is 0 Å². The van der Waals surface area contributed by atoms with Crippen LogP contribution in [0.4, 0.5) is 0 Å². The third kappa shape index (κ3) is 2.17. The molecule has 0 unspecified atom stereocenters. The highest BCUT2D eigenvalue weighted by Crippen LogP contribution is 2.54. The summed E-state index contributed by atoms with van der Waals surface area (Å²) in [5.41, 5.74) is 1.11. The number of aromatic nitrogens is 2. The minimum Gasteiger partial charge on any atom is -0.342 e. The van der Waals surface area contributed by atoms with E-state index in [1.54, 1.807) is 6.20 Å². The van der Waals surface area contributed by atoms with Gasteiger partial charge in [-0.1, -0.05) is 6.92 Å². The van der Waals surface area contributed by atoms with Crippen LogP contribution < -0.4 is 0 Å². The average Bonchev–Trinajstić information content (AvgIpc) is 2.73. The molecule has 0 radical (unpaired) electrons. The highest BCUT2D eigenvalue weighted by molar-refractivity contribution is 5.28. The van der Waals surface area contributed by atoms with Crippen molar-refractivity contribution in [3.8, 4) is 0 Å². The van der Waals surface area contributed by atoms with E-state index < -0.39 is 11.4 Å². The molecule has 22 heavy (non-hydrogen) atoms. The fourth-order valence-electron chi connectivity index (χ4n) is 4.01. The topological polar surface area (TPSA) is 67.7 Å². The molecule has 0 saturated carbocycles. The largest absolute Gasteiger partial charge is 0.342 e. The molecule has 0 bridgehead atoms. The summed E-state index contributed by atoms with van der Waals surface area (Å²) >= 11 is 0. The van der Waals surface area contributed by atoms with Crippen LogP contribution in [0, 0.1) is 13.8 Å². The normalized spacial score (nSPS) is 37.5. The van der Waals surface area contributed by atoms with Gasteiger partial charge in [-0.3, -0.25) is 0 Å². The quantitative estimate of drug-likeness (QED) is 0.905. The van der Waals surface area contributed by atoms with E-state index in [4.69, 9.17) is 9.47 Å². The predicted octanol–water partition coefficient (Wildman–Crippen LogP) is 2.53. The Morgan fingerprint density at radius 3 is 2.59 bits per heavy atom. The maximum absolute atomic E-state index is 10.8. The van der Waals surface area contributed by atoms with Gasteiger partial charge < -0.3 is 14.7 Å². The first-order chi connectivity index (χ1) is 10.2. The van der Waals surface area contributed by atoms with Crippen molar-refractivity contribution in [2.24, 2.45) is 0 Å². The molecule has 6 heteroatoms. The number of hydrogen-bond acceptors (Lipinski definition) is 6. The molecule has 0 aliphatic carbocycles. The number of hydrogen-bond donors (Lipinski definition) is 1. The van der Waals surface area contributed by atoms with Crippen LogP contribution in [0.5, 0.6) is 0 Å². The summed E-state index contributed by atoms with van der Waals surface area (Å²) in [5.74, 6) is 0.0626. The lowest BCUT2D eigenvalue weighted by molar-refractivity contribution is -0.230. The zero-order chi connectivity index (χ0) is 16.3. The van der Waals surface area contributed by atoms with Gasteiger partial charge in [-0.05, 0) is 41.0 Å². The van der Waals surface area contributed by atoms with Gasteiger partial charge in [0.2, 0.25) is 0 Å². The molecule has 3 rings (SSSR count). The fraction of sp³-hybridized carbons (Fsp3) is 0.750. The smallest absolute Gasteiger partial charge is 0.164 e. The van der Waals surface area contributed by atoms with Gasteiger partial charge >= 0.3 is 0 Å². The summed E-state index contributed by atoms with van der Waals surface area (Å²) in [5, 5.41) is 12.1. The lowest BCUT2D eigenvalue weighted by atomic mass is 9.88. The van der Waals surface area contributed by atoms with Gasteiger partial charge in [0.15, 0.2) is 5.79 Å². The molecular weight excluding hydrogens is 282 g/mol. The Hall–Kier alpha value is -1.08. The Bertz CT molecular complexity index is 592. The number of rotatable bonds is 2. The monoisotopic (exact) mass is 307 g/mol. The maximum Gasteiger partial charge on any atom is 0.164 e. The number of ether oxygens (including phenoxy) is 2. The first-order valence-electron chi connectivity index (χ1n) is 7.85. The van der Waals surface area contributed by atoms with Crippen molar-refractivity contribution in [2.75, 3.05) is 0 Å². The van der Waals surface area contributed by atoms with Crippen molar-refractivity contribution < 1.29 is 14.7 Å². The summed E-state index contributed by atoms with van der Waals surface area (Å²) in [4.78, 5) is 8.75. The maximum atomic E-state index is 10.8. The highest BCUT2D eigenvalue weighted by atomic mass is 16.8. The summed E-state index contributed by atoms with van der Waals surface area (Å²) in [6.45, 7) is 11.7. The molecule has 1 N–H and O–H groups in total. The minimum atomic E-state index is -0.661. The minimum absolute atomic E-state index is 0.113. The third-order valence-corrected chi connectivity index (χ3v) is 4.79. The SMILES string of the molecule is CC[C@@H]1[C@H]2OC(C)(C)O[C@@]2(C)[C@H](c2cnc(C)nc2C)N1O. The summed E-state index contributed by atoms with van der Waals surface area (Å²) in [7, 11) is 0. The summed E-state index contributed by atoms with van der Waals surface area (Å²) in [6, 6.07) is -0.456. The molecule has 4 atom stereocenters. The third-order valence-electron chi connectivity index (χ3n) is 4.79. The van der Waals surface area contributed by atoms with Crippen LogP contribution in [0.1, 0.15) is 57.2 Å². The van der Waals surface area contributed by atoms with E-state index in [1.165, 1.54) is 5.06 Å². The Morgan fingerprint density at radius 1 is 1.32 bits per heavy atom. The molecule has 2 aliphatic heterocycles. The Labute approximate surface area is 131 Å². The van der Waals surface area contributed by atoms with Gasteiger partial charge in [0.25, 0.3) is 0 Å². The number of hydroxylamine groups is 2. The van der Waals surface area contributed by atoms with Crippen LogP contribution in [0.2, 0.25) is 0 Å². The van der Waals surface area contributed by atoms with Crippen molar-refractivity contribution in [1.82, 2.24) is 15.0 Å². The van der Waals surface area contributed by atoms with Gasteiger partial charge in [0, 0.05) is 17.5 Å². The zero-order valence-electron chi connectivity index (χ0n) is 14.1. The van der Waals surface area contributed by atoms with Crippen molar-refractivity contribution in [2.45, 2.75) is 77.5 Å². The summed E-state index contributed by atoms with van der Waals surface area (Å²) < 4.78 is 12.3. The Balaban J connectivity index is 2.09. The average molecular weight is 307 g/mol. The molecule has 6 nitrogen and oxygen atoms in total. The van der Waals surface area contributed by atoms with Crippen LogP contribution in [-0.2, 0) is 9.47 Å². The molecule has 122 valence electrons. The Morgan fingerprint density at radius 2 is 2.00 bits per heavy atom. The molecule has 2 fully saturated rings. The standard InChI is InChI=1S/C16H25N3O3/c1-7-12-14-16(6,22-15(4,5)21-14)13(19(12)20)11-8-17-10(3)18-9(11)2/h8,12-14,20H,7H2,1-6H3/t12-,13+,14-,16+/m1/s1. The van der Waals surface area contributed by atoms with Gasteiger partial charge in [-0.25, -0.2) is 9.97 Å². The lowest BCUT2D eigenvalue weighted by Crippen LogP contribution is -2.40. The van der Waals surface area contributed by atoms with Crippen LogP contribution >= 0.6 is 0 Å². The fourth-order valence-corrected chi connectivity index (χ4v) is 4.01. The van der Waals surface area contributed by atoms with E-state index in [9.17, 15) is 5.21 Å². The molecule has 2 aliphatic rings.